The van der Waals surface area contributed by atoms with Crippen molar-refractivity contribution in [2.24, 2.45) is 0 Å². The lowest BCUT2D eigenvalue weighted by Crippen LogP contribution is -2.25. The highest BCUT2D eigenvalue weighted by atomic mass is 16.3. The van der Waals surface area contributed by atoms with E-state index in [-0.39, 0.29) is 13.2 Å². The standard InChI is InChI=1S/C12H26O4/c13-9-5-2-1-3-7-11(15)12(16)8-4-6-10-14/h11-16H,1-10H2. The minimum atomic E-state index is -0.663. The van der Waals surface area contributed by atoms with Crippen LogP contribution in [-0.2, 0) is 0 Å². The Bertz CT molecular complexity index is 141. The molecule has 4 N–H and O–H groups in total. The van der Waals surface area contributed by atoms with Gasteiger partial charge in [-0.2, -0.15) is 0 Å². The third kappa shape index (κ3) is 9.09. The molecule has 0 aromatic heterocycles. The van der Waals surface area contributed by atoms with Crippen LogP contribution in [0.4, 0.5) is 0 Å². The molecule has 0 fully saturated rings. The zero-order valence-corrected chi connectivity index (χ0v) is 10.0. The minimum Gasteiger partial charge on any atom is -0.396 e. The maximum absolute atomic E-state index is 9.61. The normalized spacial score (nSPS) is 15.0. The summed E-state index contributed by atoms with van der Waals surface area (Å²) in [4.78, 5) is 0. The lowest BCUT2D eigenvalue weighted by atomic mass is 10.0. The molecule has 16 heavy (non-hydrogen) atoms. The maximum atomic E-state index is 9.61. The van der Waals surface area contributed by atoms with E-state index in [0.717, 1.165) is 32.1 Å². The SMILES string of the molecule is OCCCCCCC(O)C(O)CCCCO. The van der Waals surface area contributed by atoms with E-state index in [9.17, 15) is 10.2 Å². The monoisotopic (exact) mass is 234 g/mol. The predicted molar refractivity (Wildman–Crippen MR) is 63.1 cm³/mol. The van der Waals surface area contributed by atoms with Crippen molar-refractivity contribution < 1.29 is 20.4 Å². The molecule has 0 aliphatic rings. The average Bonchev–Trinajstić information content (AvgIpc) is 2.28. The van der Waals surface area contributed by atoms with E-state index in [1.165, 1.54) is 0 Å². The molecule has 0 saturated heterocycles. The Morgan fingerprint density at radius 2 is 0.938 bits per heavy atom. The van der Waals surface area contributed by atoms with E-state index in [2.05, 4.69) is 0 Å². The highest BCUT2D eigenvalue weighted by Gasteiger charge is 2.14. The van der Waals surface area contributed by atoms with E-state index < -0.39 is 12.2 Å². The van der Waals surface area contributed by atoms with Gasteiger partial charge in [0.2, 0.25) is 0 Å². The van der Waals surface area contributed by atoms with Crippen LogP contribution >= 0.6 is 0 Å². The van der Waals surface area contributed by atoms with Gasteiger partial charge in [-0.3, -0.25) is 0 Å². The van der Waals surface area contributed by atoms with Crippen molar-refractivity contribution in [3.05, 3.63) is 0 Å². The summed E-state index contributed by atoms with van der Waals surface area (Å²) in [7, 11) is 0. The molecule has 4 nitrogen and oxygen atoms in total. The first-order valence-electron chi connectivity index (χ1n) is 6.30. The molecule has 98 valence electrons. The molecular formula is C12H26O4. The fourth-order valence-electron chi connectivity index (χ4n) is 1.67. The zero-order chi connectivity index (χ0) is 12.2. The minimum absolute atomic E-state index is 0.143. The molecule has 0 rings (SSSR count). The molecule has 4 heteroatoms. The highest BCUT2D eigenvalue weighted by Crippen LogP contribution is 2.12. The number of unbranched alkanes of at least 4 members (excludes halogenated alkanes) is 4. The highest BCUT2D eigenvalue weighted by molar-refractivity contribution is 4.67. The number of rotatable bonds is 11. The van der Waals surface area contributed by atoms with E-state index in [0.29, 0.717) is 19.3 Å². The third-order valence-electron chi connectivity index (χ3n) is 2.76. The summed E-state index contributed by atoms with van der Waals surface area (Å²) in [5.41, 5.74) is 0. The average molecular weight is 234 g/mol. The predicted octanol–water partition coefficient (Wildman–Crippen LogP) is 0.814. The molecule has 0 spiro atoms. The molecule has 0 bridgehead atoms. The second-order valence-corrected chi connectivity index (χ2v) is 4.28. The number of hydrogen-bond donors (Lipinski definition) is 4. The lowest BCUT2D eigenvalue weighted by molar-refractivity contribution is 0.00660. The molecule has 2 unspecified atom stereocenters. The van der Waals surface area contributed by atoms with E-state index in [4.69, 9.17) is 10.2 Å². The Labute approximate surface area is 97.9 Å². The second kappa shape index (κ2) is 11.3. The van der Waals surface area contributed by atoms with Crippen molar-refractivity contribution in [2.45, 2.75) is 63.6 Å². The molecule has 0 aromatic carbocycles. The molecule has 2 atom stereocenters. The second-order valence-electron chi connectivity index (χ2n) is 4.28. The van der Waals surface area contributed by atoms with Gasteiger partial charge < -0.3 is 20.4 Å². The van der Waals surface area contributed by atoms with Crippen molar-refractivity contribution >= 4 is 0 Å². The van der Waals surface area contributed by atoms with Crippen LogP contribution in [0, 0.1) is 0 Å². The molecule has 0 aromatic rings. The first kappa shape index (κ1) is 15.8. The summed E-state index contributed by atoms with van der Waals surface area (Å²) in [5, 5.41) is 36.3. The van der Waals surface area contributed by atoms with Crippen LogP contribution in [0.2, 0.25) is 0 Å². The van der Waals surface area contributed by atoms with E-state index in [1.807, 2.05) is 0 Å². The Morgan fingerprint density at radius 1 is 0.562 bits per heavy atom. The fourth-order valence-corrected chi connectivity index (χ4v) is 1.67. The Kier molecular flexibility index (Phi) is 11.2. The molecule has 0 saturated carbocycles. The zero-order valence-electron chi connectivity index (χ0n) is 10.0. The Morgan fingerprint density at radius 3 is 1.44 bits per heavy atom. The molecule has 0 radical (unpaired) electrons. The van der Waals surface area contributed by atoms with Crippen molar-refractivity contribution in [1.29, 1.82) is 0 Å². The van der Waals surface area contributed by atoms with Gasteiger partial charge in [-0.25, -0.2) is 0 Å². The lowest BCUT2D eigenvalue weighted by Gasteiger charge is -2.17. The number of aliphatic hydroxyl groups excluding tert-OH is 4. The van der Waals surface area contributed by atoms with Gasteiger partial charge >= 0.3 is 0 Å². The largest absolute Gasteiger partial charge is 0.396 e. The summed E-state index contributed by atoms with van der Waals surface area (Å²) in [6.07, 6.45) is 4.96. The fraction of sp³-hybridized carbons (Fsp3) is 1.00. The van der Waals surface area contributed by atoms with Gasteiger partial charge in [-0.1, -0.05) is 19.3 Å². The van der Waals surface area contributed by atoms with Crippen LogP contribution in [0.25, 0.3) is 0 Å². The van der Waals surface area contributed by atoms with Crippen molar-refractivity contribution in [3.8, 4) is 0 Å². The topological polar surface area (TPSA) is 80.9 Å². The molecule has 0 amide bonds. The molecule has 0 heterocycles. The van der Waals surface area contributed by atoms with Gasteiger partial charge in [-0.05, 0) is 32.1 Å². The Balaban J connectivity index is 3.36. The number of hydrogen-bond acceptors (Lipinski definition) is 4. The Hall–Kier alpha value is -0.160. The summed E-state index contributed by atoms with van der Waals surface area (Å²) < 4.78 is 0. The van der Waals surface area contributed by atoms with Crippen LogP contribution in [0.5, 0.6) is 0 Å². The molecule has 0 aliphatic heterocycles. The summed E-state index contributed by atoms with van der Waals surface area (Å²) in [6.45, 7) is 0.371. The van der Waals surface area contributed by atoms with Gasteiger partial charge in [0.15, 0.2) is 0 Å². The smallest absolute Gasteiger partial charge is 0.0799 e. The van der Waals surface area contributed by atoms with E-state index >= 15 is 0 Å². The van der Waals surface area contributed by atoms with Gasteiger partial charge in [0.05, 0.1) is 12.2 Å². The van der Waals surface area contributed by atoms with Crippen LogP contribution in [0.15, 0.2) is 0 Å². The maximum Gasteiger partial charge on any atom is 0.0799 e. The summed E-state index contributed by atoms with van der Waals surface area (Å²) in [6, 6.07) is 0. The van der Waals surface area contributed by atoms with Crippen LogP contribution < -0.4 is 0 Å². The first-order chi connectivity index (χ1) is 7.72. The van der Waals surface area contributed by atoms with Crippen molar-refractivity contribution in [3.63, 3.8) is 0 Å². The van der Waals surface area contributed by atoms with Gasteiger partial charge in [0.1, 0.15) is 0 Å². The third-order valence-corrected chi connectivity index (χ3v) is 2.76. The first-order valence-corrected chi connectivity index (χ1v) is 6.30. The van der Waals surface area contributed by atoms with Crippen molar-refractivity contribution in [1.82, 2.24) is 0 Å². The molecular weight excluding hydrogens is 208 g/mol. The van der Waals surface area contributed by atoms with Gasteiger partial charge in [0.25, 0.3) is 0 Å². The van der Waals surface area contributed by atoms with E-state index in [1.54, 1.807) is 0 Å². The van der Waals surface area contributed by atoms with Gasteiger partial charge in [0, 0.05) is 13.2 Å². The summed E-state index contributed by atoms with van der Waals surface area (Å²) >= 11 is 0. The van der Waals surface area contributed by atoms with Crippen LogP contribution in [0.3, 0.4) is 0 Å². The van der Waals surface area contributed by atoms with Crippen LogP contribution in [-0.4, -0.2) is 45.8 Å². The van der Waals surface area contributed by atoms with Crippen LogP contribution in [0.1, 0.15) is 51.4 Å². The quantitative estimate of drug-likeness (QED) is 0.399. The molecule has 0 aliphatic carbocycles. The van der Waals surface area contributed by atoms with Gasteiger partial charge in [-0.15, -0.1) is 0 Å². The summed E-state index contributed by atoms with van der Waals surface area (Å²) in [5.74, 6) is 0. The number of aliphatic hydroxyl groups is 4. The van der Waals surface area contributed by atoms with Crippen molar-refractivity contribution in [2.75, 3.05) is 13.2 Å².